The first kappa shape index (κ1) is 11.0. The first-order chi connectivity index (χ1) is 7.00. The smallest absolute Gasteiger partial charge is 0.0167 e. The molecule has 0 heteroatoms. The van der Waals surface area contributed by atoms with E-state index < -0.39 is 0 Å². The van der Waals surface area contributed by atoms with Crippen molar-refractivity contribution >= 4 is 0 Å². The zero-order valence-electron chi connectivity index (χ0n) is 10.5. The van der Waals surface area contributed by atoms with E-state index in [1.54, 1.807) is 5.57 Å². The van der Waals surface area contributed by atoms with E-state index >= 15 is 0 Å². The molecule has 15 heavy (non-hydrogen) atoms. The van der Waals surface area contributed by atoms with Crippen LogP contribution in [0.3, 0.4) is 0 Å². The minimum Gasteiger partial charge on any atom is -0.0996 e. The van der Waals surface area contributed by atoms with Crippen LogP contribution >= 0.6 is 0 Å². The molecule has 0 aromatic carbocycles. The highest BCUT2D eigenvalue weighted by Crippen LogP contribution is 2.56. The van der Waals surface area contributed by atoms with Crippen LogP contribution in [0.4, 0.5) is 0 Å². The molecule has 0 heterocycles. The first-order valence-corrected chi connectivity index (χ1v) is 6.34. The van der Waals surface area contributed by atoms with Crippen LogP contribution in [-0.2, 0) is 0 Å². The summed E-state index contributed by atoms with van der Waals surface area (Å²) in [7, 11) is 0. The lowest BCUT2D eigenvalue weighted by Gasteiger charge is -2.53. The second-order valence-corrected chi connectivity index (χ2v) is 6.19. The van der Waals surface area contributed by atoms with E-state index in [-0.39, 0.29) is 0 Å². The highest BCUT2D eigenvalue weighted by Gasteiger charge is 2.47. The van der Waals surface area contributed by atoms with Crippen LogP contribution in [0.15, 0.2) is 23.8 Å². The Morgan fingerprint density at radius 1 is 1.33 bits per heavy atom. The van der Waals surface area contributed by atoms with Crippen LogP contribution < -0.4 is 0 Å². The quantitative estimate of drug-likeness (QED) is 0.501. The summed E-state index contributed by atoms with van der Waals surface area (Å²) in [4.78, 5) is 0. The van der Waals surface area contributed by atoms with Gasteiger partial charge in [-0.15, -0.1) is 0 Å². The fourth-order valence-corrected chi connectivity index (χ4v) is 3.44. The Morgan fingerprint density at radius 3 is 2.73 bits per heavy atom. The fraction of sp³-hybridized carbons (Fsp3) is 0.733. The van der Waals surface area contributed by atoms with Gasteiger partial charge < -0.3 is 0 Å². The van der Waals surface area contributed by atoms with Crippen molar-refractivity contribution < 1.29 is 0 Å². The molecular formula is C15H24. The van der Waals surface area contributed by atoms with E-state index in [9.17, 15) is 0 Å². The van der Waals surface area contributed by atoms with E-state index in [1.165, 1.54) is 37.7 Å². The van der Waals surface area contributed by atoms with Crippen molar-refractivity contribution in [1.82, 2.24) is 0 Å². The lowest BCUT2D eigenvalue weighted by Crippen LogP contribution is -2.44. The summed E-state index contributed by atoms with van der Waals surface area (Å²) in [6.45, 7) is 11.4. The summed E-state index contributed by atoms with van der Waals surface area (Å²) in [5, 5.41) is 0. The van der Waals surface area contributed by atoms with Crippen LogP contribution in [-0.4, -0.2) is 0 Å². The minimum absolute atomic E-state index is 0.568. The summed E-state index contributed by atoms with van der Waals surface area (Å²) in [6.07, 6.45) is 8.90. The molecule has 0 bridgehead atoms. The number of hydrogen-bond acceptors (Lipinski definition) is 0. The molecule has 0 aromatic rings. The van der Waals surface area contributed by atoms with Gasteiger partial charge in [-0.25, -0.2) is 0 Å². The van der Waals surface area contributed by atoms with Crippen molar-refractivity contribution in [3.05, 3.63) is 23.8 Å². The largest absolute Gasteiger partial charge is 0.0996 e. The van der Waals surface area contributed by atoms with Crippen LogP contribution in [0.1, 0.15) is 52.9 Å². The highest BCUT2D eigenvalue weighted by atomic mass is 14.5. The van der Waals surface area contributed by atoms with Crippen LogP contribution in [0.5, 0.6) is 0 Å². The molecule has 2 rings (SSSR count). The summed E-state index contributed by atoms with van der Waals surface area (Å²) >= 11 is 0. The Bertz CT molecular complexity index is 293. The third-order valence-electron chi connectivity index (χ3n) is 4.57. The highest BCUT2D eigenvalue weighted by molar-refractivity contribution is 5.16. The molecule has 0 spiro atoms. The Hall–Kier alpha value is -0.520. The Morgan fingerprint density at radius 2 is 2.07 bits per heavy atom. The standard InChI is InChI=1S/C15H24/c1-11-6-5-7-12(2)13-10-15(3,4)14(13)9-8-11/h6,13-14H,2,5,7-10H2,1,3-4H3/t13-,14-/m0/s1. The van der Waals surface area contributed by atoms with Crippen LogP contribution in [0.2, 0.25) is 0 Å². The summed E-state index contributed by atoms with van der Waals surface area (Å²) in [6, 6.07) is 0. The molecule has 0 unspecified atom stereocenters. The summed E-state index contributed by atoms with van der Waals surface area (Å²) in [5.41, 5.74) is 3.68. The van der Waals surface area contributed by atoms with Gasteiger partial charge in [-0.3, -0.25) is 0 Å². The molecular weight excluding hydrogens is 180 g/mol. The van der Waals surface area contributed by atoms with E-state index in [4.69, 9.17) is 0 Å². The minimum atomic E-state index is 0.568. The fourth-order valence-electron chi connectivity index (χ4n) is 3.44. The topological polar surface area (TPSA) is 0 Å². The molecule has 0 nitrogen and oxygen atoms in total. The number of hydrogen-bond donors (Lipinski definition) is 0. The second kappa shape index (κ2) is 3.81. The SMILES string of the molecule is C=C1CCC=C(C)CC[C@H]2[C@H]1CC2(C)C. The van der Waals surface area contributed by atoms with E-state index in [2.05, 4.69) is 33.4 Å². The van der Waals surface area contributed by atoms with Crippen molar-refractivity contribution in [2.45, 2.75) is 52.9 Å². The van der Waals surface area contributed by atoms with Crippen LogP contribution in [0, 0.1) is 17.3 Å². The monoisotopic (exact) mass is 204 g/mol. The second-order valence-electron chi connectivity index (χ2n) is 6.19. The molecule has 0 aliphatic heterocycles. The van der Waals surface area contributed by atoms with Gasteiger partial charge in [0.05, 0.1) is 0 Å². The van der Waals surface area contributed by atoms with E-state index in [0.717, 1.165) is 11.8 Å². The molecule has 2 aliphatic rings. The van der Waals surface area contributed by atoms with Crippen molar-refractivity contribution in [3.8, 4) is 0 Å². The van der Waals surface area contributed by atoms with Gasteiger partial charge in [0, 0.05) is 0 Å². The Kier molecular flexibility index (Phi) is 2.79. The molecule has 84 valence electrons. The predicted molar refractivity (Wildman–Crippen MR) is 66.7 cm³/mol. The number of rotatable bonds is 0. The maximum Gasteiger partial charge on any atom is -0.0167 e. The summed E-state index contributed by atoms with van der Waals surface area (Å²) < 4.78 is 0. The molecule has 0 amide bonds. The van der Waals surface area contributed by atoms with Gasteiger partial charge in [-0.05, 0) is 56.3 Å². The van der Waals surface area contributed by atoms with Gasteiger partial charge in [-0.1, -0.05) is 37.6 Å². The molecule has 0 radical (unpaired) electrons. The molecule has 2 aliphatic carbocycles. The maximum atomic E-state index is 4.30. The van der Waals surface area contributed by atoms with Gasteiger partial charge in [0.15, 0.2) is 0 Å². The third kappa shape index (κ3) is 2.04. The zero-order valence-corrected chi connectivity index (χ0v) is 10.5. The zero-order chi connectivity index (χ0) is 11.1. The maximum absolute atomic E-state index is 4.30. The van der Waals surface area contributed by atoms with Gasteiger partial charge in [0.2, 0.25) is 0 Å². The lowest BCUT2D eigenvalue weighted by atomic mass is 9.52. The predicted octanol–water partition coefficient (Wildman–Crippen LogP) is 4.73. The van der Waals surface area contributed by atoms with Gasteiger partial charge in [0.1, 0.15) is 0 Å². The molecule has 0 saturated heterocycles. The molecule has 0 N–H and O–H groups in total. The molecule has 0 aromatic heterocycles. The normalized spacial score (nSPS) is 35.4. The molecule has 1 fully saturated rings. The summed E-state index contributed by atoms with van der Waals surface area (Å²) in [5.74, 6) is 1.73. The average Bonchev–Trinajstić information content (AvgIpc) is 2.18. The van der Waals surface area contributed by atoms with Crippen molar-refractivity contribution in [2.24, 2.45) is 17.3 Å². The lowest BCUT2D eigenvalue weighted by molar-refractivity contribution is 0.00384. The first-order valence-electron chi connectivity index (χ1n) is 6.34. The average molecular weight is 204 g/mol. The van der Waals surface area contributed by atoms with Crippen molar-refractivity contribution in [1.29, 1.82) is 0 Å². The third-order valence-corrected chi connectivity index (χ3v) is 4.57. The van der Waals surface area contributed by atoms with Gasteiger partial charge in [-0.2, -0.15) is 0 Å². The molecule has 2 atom stereocenters. The number of allylic oxidation sites excluding steroid dienone is 3. The van der Waals surface area contributed by atoms with E-state index in [0.29, 0.717) is 5.41 Å². The van der Waals surface area contributed by atoms with E-state index in [1.807, 2.05) is 0 Å². The Labute approximate surface area is 94.5 Å². The van der Waals surface area contributed by atoms with Crippen molar-refractivity contribution in [2.75, 3.05) is 0 Å². The molecule has 1 saturated carbocycles. The van der Waals surface area contributed by atoms with Crippen molar-refractivity contribution in [3.63, 3.8) is 0 Å². The number of fused-ring (bicyclic) bond motifs is 1. The Balaban J connectivity index is 2.12. The van der Waals surface area contributed by atoms with Gasteiger partial charge >= 0.3 is 0 Å². The van der Waals surface area contributed by atoms with Crippen LogP contribution in [0.25, 0.3) is 0 Å². The van der Waals surface area contributed by atoms with Gasteiger partial charge in [0.25, 0.3) is 0 Å².